The predicted molar refractivity (Wildman–Crippen MR) is 91.4 cm³/mol. The van der Waals surface area contributed by atoms with Crippen molar-refractivity contribution in [1.29, 1.82) is 0 Å². The Labute approximate surface area is 139 Å². The molecule has 1 N–H and O–H groups in total. The van der Waals surface area contributed by atoms with Crippen LogP contribution in [0.4, 0.5) is 0 Å². The third-order valence-corrected chi connectivity index (χ3v) is 5.87. The van der Waals surface area contributed by atoms with E-state index >= 15 is 0 Å². The highest BCUT2D eigenvalue weighted by atomic mass is 79.9. The predicted octanol–water partition coefficient (Wildman–Crippen LogP) is 5.93. The fourth-order valence-corrected chi connectivity index (χ4v) is 4.25. The van der Waals surface area contributed by atoms with Gasteiger partial charge in [0.25, 0.3) is 0 Å². The minimum absolute atomic E-state index is 0.115. The number of halogens is 3. The molecule has 0 aliphatic carbocycles. The first kappa shape index (κ1) is 15.5. The van der Waals surface area contributed by atoms with Crippen LogP contribution in [-0.2, 0) is 0 Å². The third-order valence-electron chi connectivity index (χ3n) is 2.90. The van der Waals surface area contributed by atoms with Crippen LogP contribution in [0.25, 0.3) is 0 Å². The zero-order chi connectivity index (χ0) is 14.0. The Bertz CT molecular complexity index is 583. The van der Waals surface area contributed by atoms with Crippen LogP contribution < -0.4 is 5.32 Å². The molecule has 19 heavy (non-hydrogen) atoms. The normalized spacial score (nSPS) is 12.7. The molecular formula is C14H14Br2ClNS. The standard InChI is InChI=1S/C14H14Br2ClNS/c1-3-18-13(14-12(17)4-5-19-14)9-7-10(15)8(2)6-11(9)16/h4-7,13,18H,3H2,1-2H3. The lowest BCUT2D eigenvalue weighted by atomic mass is 10.0. The van der Waals surface area contributed by atoms with Gasteiger partial charge in [-0.15, -0.1) is 11.3 Å². The number of rotatable bonds is 4. The van der Waals surface area contributed by atoms with Crippen LogP contribution in [-0.4, -0.2) is 6.54 Å². The van der Waals surface area contributed by atoms with Crippen molar-refractivity contribution in [2.75, 3.05) is 6.54 Å². The molecule has 0 fully saturated rings. The van der Waals surface area contributed by atoms with E-state index in [1.54, 1.807) is 11.3 Å². The highest BCUT2D eigenvalue weighted by Crippen LogP contribution is 2.37. The molecule has 0 radical (unpaired) electrons. The van der Waals surface area contributed by atoms with E-state index in [2.05, 4.69) is 63.2 Å². The molecule has 2 rings (SSSR count). The number of nitrogens with one attached hydrogen (secondary N) is 1. The number of hydrogen-bond donors (Lipinski definition) is 1. The lowest BCUT2D eigenvalue weighted by Crippen LogP contribution is -2.21. The molecular weight excluding hydrogens is 409 g/mol. The lowest BCUT2D eigenvalue weighted by molar-refractivity contribution is 0.637. The Hall–Kier alpha value is 0.130. The van der Waals surface area contributed by atoms with Crippen LogP contribution >= 0.6 is 54.8 Å². The van der Waals surface area contributed by atoms with E-state index < -0.39 is 0 Å². The molecule has 5 heteroatoms. The Morgan fingerprint density at radius 3 is 2.63 bits per heavy atom. The highest BCUT2D eigenvalue weighted by Gasteiger charge is 2.20. The zero-order valence-corrected chi connectivity index (χ0v) is 15.4. The molecule has 0 saturated heterocycles. The Kier molecular flexibility index (Phi) is 5.49. The first-order valence-corrected chi connectivity index (χ1v) is 8.80. The average molecular weight is 424 g/mol. The van der Waals surface area contributed by atoms with Gasteiger partial charge >= 0.3 is 0 Å². The van der Waals surface area contributed by atoms with Gasteiger partial charge in [-0.1, -0.05) is 50.4 Å². The van der Waals surface area contributed by atoms with E-state index in [0.717, 1.165) is 25.4 Å². The SMILES string of the molecule is CCNC(c1cc(Br)c(C)cc1Br)c1sccc1Cl. The summed E-state index contributed by atoms with van der Waals surface area (Å²) in [4.78, 5) is 1.15. The Morgan fingerprint density at radius 1 is 1.32 bits per heavy atom. The summed E-state index contributed by atoms with van der Waals surface area (Å²) in [5.74, 6) is 0. The van der Waals surface area contributed by atoms with Crippen LogP contribution in [0.1, 0.15) is 29.0 Å². The number of hydrogen-bond acceptors (Lipinski definition) is 2. The lowest BCUT2D eigenvalue weighted by Gasteiger charge is -2.20. The monoisotopic (exact) mass is 421 g/mol. The summed E-state index contributed by atoms with van der Waals surface area (Å²) < 4.78 is 2.21. The van der Waals surface area contributed by atoms with Crippen molar-refractivity contribution in [3.63, 3.8) is 0 Å². The van der Waals surface area contributed by atoms with Crippen molar-refractivity contribution < 1.29 is 0 Å². The van der Waals surface area contributed by atoms with Gasteiger partial charge in [0.2, 0.25) is 0 Å². The molecule has 0 aliphatic heterocycles. The van der Waals surface area contributed by atoms with E-state index in [0.29, 0.717) is 0 Å². The number of aryl methyl sites for hydroxylation is 1. The highest BCUT2D eigenvalue weighted by molar-refractivity contribution is 9.11. The molecule has 102 valence electrons. The maximum absolute atomic E-state index is 6.29. The summed E-state index contributed by atoms with van der Waals surface area (Å²) in [5.41, 5.74) is 2.41. The van der Waals surface area contributed by atoms with Gasteiger partial charge in [0, 0.05) is 13.8 Å². The third kappa shape index (κ3) is 3.42. The van der Waals surface area contributed by atoms with Gasteiger partial charge in [-0.3, -0.25) is 0 Å². The van der Waals surface area contributed by atoms with Crippen molar-refractivity contribution in [2.45, 2.75) is 19.9 Å². The second-order valence-corrected chi connectivity index (χ2v) is 7.31. The average Bonchev–Trinajstić information content (AvgIpc) is 2.77. The van der Waals surface area contributed by atoms with Gasteiger partial charge in [0.1, 0.15) is 0 Å². The fourth-order valence-electron chi connectivity index (χ4n) is 1.94. The summed E-state index contributed by atoms with van der Waals surface area (Å²) in [6.45, 7) is 5.07. The van der Waals surface area contributed by atoms with E-state index in [1.165, 1.54) is 11.1 Å². The molecule has 0 bridgehead atoms. The van der Waals surface area contributed by atoms with Crippen LogP contribution in [0, 0.1) is 6.92 Å². The summed E-state index contributed by atoms with van der Waals surface area (Å²) in [6.07, 6.45) is 0. The minimum Gasteiger partial charge on any atom is -0.306 e. The first-order chi connectivity index (χ1) is 9.04. The zero-order valence-electron chi connectivity index (χ0n) is 10.6. The molecule has 1 aromatic heterocycles. The van der Waals surface area contributed by atoms with Crippen molar-refractivity contribution in [2.24, 2.45) is 0 Å². The van der Waals surface area contributed by atoms with Crippen LogP contribution in [0.3, 0.4) is 0 Å². The minimum atomic E-state index is 0.115. The molecule has 1 aromatic carbocycles. The molecule has 1 unspecified atom stereocenters. The summed E-state index contributed by atoms with van der Waals surface area (Å²) >= 11 is 15.2. The second-order valence-electron chi connectivity index (χ2n) is 4.25. The van der Waals surface area contributed by atoms with Crippen molar-refractivity contribution in [3.05, 3.63) is 53.6 Å². The molecule has 0 spiro atoms. The van der Waals surface area contributed by atoms with Gasteiger partial charge in [-0.2, -0.15) is 0 Å². The van der Waals surface area contributed by atoms with Crippen molar-refractivity contribution >= 4 is 54.8 Å². The largest absolute Gasteiger partial charge is 0.306 e. The maximum atomic E-state index is 6.29. The molecule has 1 atom stereocenters. The van der Waals surface area contributed by atoms with Crippen LogP contribution in [0.15, 0.2) is 32.5 Å². The van der Waals surface area contributed by atoms with Gasteiger partial charge in [-0.05, 0) is 48.2 Å². The summed E-state index contributed by atoms with van der Waals surface area (Å²) in [7, 11) is 0. The van der Waals surface area contributed by atoms with E-state index in [-0.39, 0.29) is 6.04 Å². The molecule has 0 amide bonds. The van der Waals surface area contributed by atoms with E-state index in [1.807, 2.05) is 11.4 Å². The van der Waals surface area contributed by atoms with Gasteiger partial charge in [0.05, 0.1) is 11.1 Å². The number of benzene rings is 1. The van der Waals surface area contributed by atoms with E-state index in [4.69, 9.17) is 11.6 Å². The fraction of sp³-hybridized carbons (Fsp3) is 0.286. The summed E-state index contributed by atoms with van der Waals surface area (Å²) in [6, 6.07) is 6.35. The van der Waals surface area contributed by atoms with Crippen LogP contribution in [0.5, 0.6) is 0 Å². The van der Waals surface area contributed by atoms with Gasteiger partial charge in [-0.25, -0.2) is 0 Å². The molecule has 2 aromatic rings. The molecule has 1 nitrogen and oxygen atoms in total. The quantitative estimate of drug-likeness (QED) is 0.642. The first-order valence-electron chi connectivity index (χ1n) is 5.96. The Balaban J connectivity index is 2.51. The van der Waals surface area contributed by atoms with Crippen LogP contribution in [0.2, 0.25) is 5.02 Å². The summed E-state index contributed by atoms with van der Waals surface area (Å²) in [5, 5.41) is 6.35. The molecule has 0 saturated carbocycles. The maximum Gasteiger partial charge on any atom is 0.0697 e. The number of thiophene rings is 1. The van der Waals surface area contributed by atoms with Crippen molar-refractivity contribution in [3.8, 4) is 0 Å². The van der Waals surface area contributed by atoms with E-state index in [9.17, 15) is 0 Å². The van der Waals surface area contributed by atoms with Crippen molar-refractivity contribution in [1.82, 2.24) is 5.32 Å². The molecule has 0 aliphatic rings. The molecule has 1 heterocycles. The smallest absolute Gasteiger partial charge is 0.0697 e. The second kappa shape index (κ2) is 6.72. The van der Waals surface area contributed by atoms with Gasteiger partial charge < -0.3 is 5.32 Å². The van der Waals surface area contributed by atoms with Gasteiger partial charge in [0.15, 0.2) is 0 Å². The topological polar surface area (TPSA) is 12.0 Å². The Morgan fingerprint density at radius 2 is 2.05 bits per heavy atom.